The fourth-order valence-electron chi connectivity index (χ4n) is 3.48. The fraction of sp³-hybridized carbons (Fsp3) is 0.667. The molecular formula is C24H40O8Sn. The van der Waals surface area contributed by atoms with Gasteiger partial charge in [0.15, 0.2) is 0 Å². The SMILES string of the molecule is OOC1C=CCCC1.OOC1C=CCCC1.OOC1C=CCCC1.OOC1C=CCCC1.[Sn]. The first-order valence-electron chi connectivity index (χ1n) is 11.6. The molecule has 4 radical (unpaired) electrons. The zero-order valence-corrected chi connectivity index (χ0v) is 22.2. The summed E-state index contributed by atoms with van der Waals surface area (Å²) in [6.07, 6.45) is 28.4. The zero-order chi connectivity index (χ0) is 23.3. The van der Waals surface area contributed by atoms with E-state index in [9.17, 15) is 0 Å². The van der Waals surface area contributed by atoms with Gasteiger partial charge in [0.25, 0.3) is 0 Å². The van der Waals surface area contributed by atoms with Gasteiger partial charge >= 0.3 is 0 Å². The predicted molar refractivity (Wildman–Crippen MR) is 128 cm³/mol. The normalized spacial score (nSPS) is 27.5. The van der Waals surface area contributed by atoms with Crippen molar-refractivity contribution < 1.29 is 40.6 Å². The molecular weight excluding hydrogens is 535 g/mol. The Morgan fingerprint density at radius 3 is 0.727 bits per heavy atom. The van der Waals surface area contributed by atoms with Crippen LogP contribution in [0.3, 0.4) is 0 Å². The molecule has 4 atom stereocenters. The largest absolute Gasteiger partial charge is 0.251 e. The van der Waals surface area contributed by atoms with Crippen molar-refractivity contribution in [2.24, 2.45) is 0 Å². The Bertz CT molecular complexity index is 457. The fourth-order valence-corrected chi connectivity index (χ4v) is 3.48. The van der Waals surface area contributed by atoms with Gasteiger partial charge in [-0.15, -0.1) is 0 Å². The van der Waals surface area contributed by atoms with Crippen LogP contribution in [0.25, 0.3) is 0 Å². The molecule has 0 aromatic carbocycles. The first-order chi connectivity index (χ1) is 15.7. The van der Waals surface area contributed by atoms with Gasteiger partial charge in [-0.1, -0.05) is 48.6 Å². The Balaban J connectivity index is 0.000000410. The van der Waals surface area contributed by atoms with Crippen molar-refractivity contribution >= 4 is 23.9 Å². The van der Waals surface area contributed by atoms with E-state index in [2.05, 4.69) is 19.6 Å². The van der Waals surface area contributed by atoms with Crippen LogP contribution in [0.2, 0.25) is 0 Å². The smallest absolute Gasteiger partial charge is 0.111 e. The molecule has 0 saturated heterocycles. The molecule has 0 aliphatic heterocycles. The monoisotopic (exact) mass is 576 g/mol. The van der Waals surface area contributed by atoms with E-state index >= 15 is 0 Å². The molecule has 4 aliphatic carbocycles. The van der Waals surface area contributed by atoms with Crippen molar-refractivity contribution in [3.8, 4) is 0 Å². The van der Waals surface area contributed by atoms with Gasteiger partial charge in [0, 0.05) is 23.9 Å². The first kappa shape index (κ1) is 32.4. The van der Waals surface area contributed by atoms with E-state index in [1.165, 1.54) is 0 Å². The summed E-state index contributed by atoms with van der Waals surface area (Å²) >= 11 is 0. The van der Waals surface area contributed by atoms with E-state index in [0.29, 0.717) is 0 Å². The third-order valence-electron chi connectivity index (χ3n) is 5.38. The molecule has 188 valence electrons. The van der Waals surface area contributed by atoms with Gasteiger partial charge in [-0.25, -0.2) is 19.6 Å². The Morgan fingerprint density at radius 2 is 0.636 bits per heavy atom. The van der Waals surface area contributed by atoms with Gasteiger partial charge in [-0.2, -0.15) is 0 Å². The van der Waals surface area contributed by atoms with Crippen LogP contribution in [-0.2, 0) is 19.6 Å². The van der Waals surface area contributed by atoms with Crippen LogP contribution in [0, 0.1) is 0 Å². The molecule has 4 rings (SSSR count). The minimum absolute atomic E-state index is 0. The molecule has 4 aliphatic rings. The second kappa shape index (κ2) is 23.2. The van der Waals surface area contributed by atoms with Crippen molar-refractivity contribution in [1.82, 2.24) is 0 Å². The number of hydrogen-bond acceptors (Lipinski definition) is 8. The molecule has 0 amide bonds. The Labute approximate surface area is 214 Å². The summed E-state index contributed by atoms with van der Waals surface area (Å²) in [5.74, 6) is 0. The number of allylic oxidation sites excluding steroid dienone is 4. The molecule has 0 aromatic heterocycles. The predicted octanol–water partition coefficient (Wildman–Crippen LogP) is 5.96. The minimum atomic E-state index is -0.0382. The third kappa shape index (κ3) is 17.5. The third-order valence-corrected chi connectivity index (χ3v) is 5.38. The zero-order valence-electron chi connectivity index (χ0n) is 19.3. The van der Waals surface area contributed by atoms with Gasteiger partial charge < -0.3 is 0 Å². The molecule has 8 nitrogen and oxygen atoms in total. The van der Waals surface area contributed by atoms with Crippen molar-refractivity contribution in [2.75, 3.05) is 0 Å². The molecule has 0 fully saturated rings. The minimum Gasteiger partial charge on any atom is -0.251 e. The quantitative estimate of drug-likeness (QED) is 0.141. The standard InChI is InChI=1S/4C6H10O2.Sn/c4*7-8-6-4-2-1-3-5-6;/h4*2,4,6-7H,1,3,5H2;. The van der Waals surface area contributed by atoms with Crippen molar-refractivity contribution in [3.63, 3.8) is 0 Å². The summed E-state index contributed by atoms with van der Waals surface area (Å²) in [7, 11) is 0. The first-order valence-corrected chi connectivity index (χ1v) is 11.6. The topological polar surface area (TPSA) is 118 Å². The van der Waals surface area contributed by atoms with Gasteiger partial charge in [-0.3, -0.25) is 21.0 Å². The maximum atomic E-state index is 8.14. The van der Waals surface area contributed by atoms with Crippen LogP contribution < -0.4 is 0 Å². The molecule has 0 bridgehead atoms. The van der Waals surface area contributed by atoms with E-state index in [4.69, 9.17) is 21.0 Å². The maximum Gasteiger partial charge on any atom is 0.111 e. The van der Waals surface area contributed by atoms with Crippen LogP contribution >= 0.6 is 0 Å². The van der Waals surface area contributed by atoms with E-state index in [-0.39, 0.29) is 48.3 Å². The van der Waals surface area contributed by atoms with Crippen LogP contribution in [0.15, 0.2) is 48.6 Å². The molecule has 0 aromatic rings. The molecule has 0 heterocycles. The van der Waals surface area contributed by atoms with Crippen molar-refractivity contribution in [3.05, 3.63) is 48.6 Å². The van der Waals surface area contributed by atoms with E-state index < -0.39 is 0 Å². The number of rotatable bonds is 4. The molecule has 0 saturated carbocycles. The van der Waals surface area contributed by atoms with Crippen molar-refractivity contribution in [2.45, 2.75) is 101 Å². The summed E-state index contributed by atoms with van der Waals surface area (Å²) in [4.78, 5) is 16.4. The van der Waals surface area contributed by atoms with Crippen molar-refractivity contribution in [1.29, 1.82) is 0 Å². The molecule has 9 heteroatoms. The summed E-state index contributed by atoms with van der Waals surface area (Å²) in [6.45, 7) is 0. The van der Waals surface area contributed by atoms with Crippen LogP contribution in [0.5, 0.6) is 0 Å². The average Bonchev–Trinajstić information content (AvgIpc) is 2.91. The maximum absolute atomic E-state index is 8.14. The van der Waals surface area contributed by atoms with Gasteiger partial charge in [0.2, 0.25) is 0 Å². The average molecular weight is 575 g/mol. The van der Waals surface area contributed by atoms with Crippen LogP contribution in [0.4, 0.5) is 0 Å². The second-order valence-corrected chi connectivity index (χ2v) is 8.01. The van der Waals surface area contributed by atoms with Crippen LogP contribution in [-0.4, -0.2) is 69.4 Å². The summed E-state index contributed by atoms with van der Waals surface area (Å²) in [5, 5.41) is 32.6. The second-order valence-electron chi connectivity index (χ2n) is 8.01. The van der Waals surface area contributed by atoms with Gasteiger partial charge in [0.1, 0.15) is 24.4 Å². The van der Waals surface area contributed by atoms with E-state index in [0.717, 1.165) is 77.0 Å². The number of hydrogen-bond donors (Lipinski definition) is 4. The van der Waals surface area contributed by atoms with Gasteiger partial charge in [-0.05, 0) is 77.0 Å². The Hall–Kier alpha value is -0.561. The molecule has 0 spiro atoms. The molecule has 33 heavy (non-hydrogen) atoms. The van der Waals surface area contributed by atoms with E-state index in [1.54, 1.807) is 0 Å². The summed E-state index contributed by atoms with van der Waals surface area (Å²) in [6, 6.07) is 0. The summed E-state index contributed by atoms with van der Waals surface area (Å²) < 4.78 is 0. The Kier molecular flexibility index (Phi) is 22.8. The Morgan fingerprint density at radius 1 is 0.424 bits per heavy atom. The molecule has 4 unspecified atom stereocenters. The summed E-state index contributed by atoms with van der Waals surface area (Å²) in [5.41, 5.74) is 0. The van der Waals surface area contributed by atoms with Gasteiger partial charge in [0.05, 0.1) is 0 Å². The molecule has 4 N–H and O–H groups in total. The van der Waals surface area contributed by atoms with E-state index in [1.807, 2.05) is 48.6 Å². The van der Waals surface area contributed by atoms with Crippen LogP contribution in [0.1, 0.15) is 77.0 Å².